The summed E-state index contributed by atoms with van der Waals surface area (Å²) < 4.78 is 12.7. The lowest BCUT2D eigenvalue weighted by Gasteiger charge is -2.25. The molecule has 1 atom stereocenters. The van der Waals surface area contributed by atoms with Gasteiger partial charge in [-0.3, -0.25) is 4.99 Å². The molecule has 4 rings (SSSR count). The van der Waals surface area contributed by atoms with Crippen LogP contribution < -0.4 is 21.5 Å². The van der Waals surface area contributed by atoms with Crippen LogP contribution >= 0.6 is 0 Å². The number of methoxy groups -OCH3 is 1. The fourth-order valence-electron chi connectivity index (χ4n) is 3.11. The molecule has 0 fully saturated rings. The molecule has 1 aromatic heterocycles. The lowest BCUT2D eigenvalue weighted by molar-refractivity contribution is 0.112. The summed E-state index contributed by atoms with van der Waals surface area (Å²) in [5, 5.41) is 7.56. The van der Waals surface area contributed by atoms with Crippen LogP contribution in [0.25, 0.3) is 5.69 Å². The highest BCUT2D eigenvalue weighted by Crippen LogP contribution is 2.37. The maximum absolute atomic E-state index is 6.01. The van der Waals surface area contributed by atoms with Gasteiger partial charge < -0.3 is 26.3 Å². The molecular formula is C19H21N7O2. The van der Waals surface area contributed by atoms with Crippen molar-refractivity contribution in [3.8, 4) is 11.4 Å². The first-order valence-electron chi connectivity index (χ1n) is 8.68. The Hall–Kier alpha value is -3.75. The van der Waals surface area contributed by atoms with Gasteiger partial charge in [0.15, 0.2) is 12.0 Å². The molecule has 9 heteroatoms. The number of nitrogen functional groups attached to an aromatic ring is 2. The van der Waals surface area contributed by atoms with Crippen molar-refractivity contribution in [2.45, 2.75) is 12.5 Å². The molecule has 0 saturated heterocycles. The Balaban J connectivity index is 1.60. The number of nitrogens with zero attached hydrogens (tertiary/aromatic N) is 4. The second kappa shape index (κ2) is 6.76. The molecule has 9 nitrogen and oxygen atoms in total. The summed E-state index contributed by atoms with van der Waals surface area (Å²) in [5.41, 5.74) is 14.3. The van der Waals surface area contributed by atoms with Crippen molar-refractivity contribution in [1.82, 2.24) is 14.8 Å². The van der Waals surface area contributed by atoms with E-state index in [0.29, 0.717) is 23.9 Å². The predicted molar refractivity (Wildman–Crippen MR) is 108 cm³/mol. The molecular weight excluding hydrogens is 358 g/mol. The molecule has 0 bridgehead atoms. The summed E-state index contributed by atoms with van der Waals surface area (Å²) >= 11 is 0. The summed E-state index contributed by atoms with van der Waals surface area (Å²) in [6.45, 7) is 2.51. The summed E-state index contributed by atoms with van der Waals surface area (Å²) in [5.74, 6) is 1.29. The van der Waals surface area contributed by atoms with Gasteiger partial charge in [0.05, 0.1) is 19.3 Å². The van der Waals surface area contributed by atoms with Gasteiger partial charge >= 0.3 is 0 Å². The highest BCUT2D eigenvalue weighted by molar-refractivity contribution is 5.61. The zero-order chi connectivity index (χ0) is 19.7. The van der Waals surface area contributed by atoms with E-state index in [9.17, 15) is 0 Å². The third kappa shape index (κ3) is 3.18. The van der Waals surface area contributed by atoms with Crippen LogP contribution in [-0.4, -0.2) is 34.8 Å². The molecule has 1 aliphatic rings. The van der Waals surface area contributed by atoms with Crippen molar-refractivity contribution in [2.24, 2.45) is 4.99 Å². The summed E-state index contributed by atoms with van der Waals surface area (Å²) in [7, 11) is 1.62. The van der Waals surface area contributed by atoms with Crippen LogP contribution in [0.5, 0.6) is 5.75 Å². The molecule has 3 aromatic rings. The van der Waals surface area contributed by atoms with Gasteiger partial charge in [0.2, 0.25) is 11.9 Å². The van der Waals surface area contributed by atoms with Crippen molar-refractivity contribution in [3.05, 3.63) is 48.0 Å². The average molecular weight is 379 g/mol. The number of hydrogen-bond acceptors (Lipinski definition) is 8. The maximum Gasteiger partial charge on any atom is 0.248 e. The number of benzene rings is 2. The van der Waals surface area contributed by atoms with Crippen molar-refractivity contribution in [3.63, 3.8) is 0 Å². The zero-order valence-electron chi connectivity index (χ0n) is 15.6. The molecule has 144 valence electrons. The monoisotopic (exact) mass is 379 g/mol. The minimum absolute atomic E-state index is 0.251. The Morgan fingerprint density at radius 3 is 2.79 bits per heavy atom. The predicted octanol–water partition coefficient (Wildman–Crippen LogP) is 2.46. The third-order valence-corrected chi connectivity index (χ3v) is 4.55. The third-order valence-electron chi connectivity index (χ3n) is 4.55. The van der Waals surface area contributed by atoms with E-state index in [1.807, 2.05) is 37.3 Å². The van der Waals surface area contributed by atoms with E-state index in [1.165, 1.54) is 11.1 Å². The minimum Gasteiger partial charge on any atom is -0.496 e. The molecule has 0 amide bonds. The van der Waals surface area contributed by atoms with E-state index in [2.05, 4.69) is 20.4 Å². The van der Waals surface area contributed by atoms with Crippen LogP contribution in [0.1, 0.15) is 12.5 Å². The van der Waals surface area contributed by atoms with Crippen LogP contribution in [0, 0.1) is 0 Å². The Bertz CT molecular complexity index is 1040. The van der Waals surface area contributed by atoms with Crippen molar-refractivity contribution in [2.75, 3.05) is 30.4 Å². The molecule has 0 aliphatic carbocycles. The normalized spacial score (nSPS) is 18.1. The smallest absolute Gasteiger partial charge is 0.248 e. The number of aliphatic imine (C=N–C) groups is 1. The highest BCUT2D eigenvalue weighted by atomic mass is 16.5. The van der Waals surface area contributed by atoms with Gasteiger partial charge in [0.1, 0.15) is 5.75 Å². The fourth-order valence-corrected chi connectivity index (χ4v) is 3.11. The number of anilines is 4. The van der Waals surface area contributed by atoms with Gasteiger partial charge in [0, 0.05) is 23.0 Å². The Labute approximate surface area is 162 Å². The quantitative estimate of drug-likeness (QED) is 0.581. The lowest BCUT2D eigenvalue weighted by atomic mass is 9.95. The number of aromatic nitrogens is 3. The molecule has 2 heterocycles. The van der Waals surface area contributed by atoms with Crippen molar-refractivity contribution in [1.29, 1.82) is 0 Å². The molecule has 0 spiro atoms. The summed E-state index contributed by atoms with van der Waals surface area (Å²) in [6.07, 6.45) is 1.47. The Morgan fingerprint density at radius 2 is 2.07 bits per heavy atom. The first-order valence-corrected chi connectivity index (χ1v) is 8.68. The van der Waals surface area contributed by atoms with Crippen molar-refractivity contribution < 1.29 is 9.47 Å². The summed E-state index contributed by atoms with van der Waals surface area (Å²) in [6, 6.07) is 13.0. The lowest BCUT2D eigenvalue weighted by Crippen LogP contribution is -2.25. The maximum atomic E-state index is 6.01. The molecule has 0 saturated carbocycles. The number of nitrogens with one attached hydrogen (secondary N) is 1. The Morgan fingerprint density at radius 1 is 1.21 bits per heavy atom. The minimum atomic E-state index is -0.540. The Kier molecular flexibility index (Phi) is 4.26. The highest BCUT2D eigenvalue weighted by Gasteiger charge is 2.34. The van der Waals surface area contributed by atoms with E-state index in [0.717, 1.165) is 16.9 Å². The fraction of sp³-hybridized carbons (Fsp3) is 0.211. The van der Waals surface area contributed by atoms with Crippen LogP contribution in [-0.2, 0) is 10.3 Å². The second-order valence-electron chi connectivity index (χ2n) is 6.64. The van der Waals surface area contributed by atoms with E-state index in [4.69, 9.17) is 20.9 Å². The number of ether oxygens (including phenoxy) is 2. The first-order chi connectivity index (χ1) is 13.5. The average Bonchev–Trinajstić information content (AvgIpc) is 3.28. The van der Waals surface area contributed by atoms with E-state index in [1.54, 1.807) is 19.2 Å². The first kappa shape index (κ1) is 17.7. The zero-order valence-corrected chi connectivity index (χ0v) is 15.6. The molecule has 5 N–H and O–H groups in total. The van der Waals surface area contributed by atoms with Gasteiger partial charge in [-0.2, -0.15) is 9.67 Å². The van der Waals surface area contributed by atoms with Gasteiger partial charge in [-0.25, -0.2) is 0 Å². The molecule has 0 radical (unpaired) electrons. The van der Waals surface area contributed by atoms with Crippen molar-refractivity contribution >= 4 is 29.7 Å². The molecule has 28 heavy (non-hydrogen) atoms. The van der Waals surface area contributed by atoms with Gasteiger partial charge in [-0.15, -0.1) is 5.10 Å². The second-order valence-corrected chi connectivity index (χ2v) is 6.64. The SMILES string of the molecule is COc1cc(Nc2nc(N)n(-c3cccc(N)c3)n2)ccc1C1(C)CN=CO1. The van der Waals surface area contributed by atoms with Gasteiger partial charge in [-0.05, 0) is 37.3 Å². The largest absolute Gasteiger partial charge is 0.496 e. The van der Waals surface area contributed by atoms with Gasteiger partial charge in [-0.1, -0.05) is 6.07 Å². The van der Waals surface area contributed by atoms with Gasteiger partial charge in [0.25, 0.3) is 0 Å². The van der Waals surface area contributed by atoms with Crippen LogP contribution in [0.4, 0.5) is 23.3 Å². The number of hydrogen-bond donors (Lipinski definition) is 3. The van der Waals surface area contributed by atoms with E-state index in [-0.39, 0.29) is 5.95 Å². The summed E-state index contributed by atoms with van der Waals surface area (Å²) in [4.78, 5) is 8.44. The van der Waals surface area contributed by atoms with Crippen LogP contribution in [0.2, 0.25) is 0 Å². The topological polar surface area (TPSA) is 126 Å². The number of rotatable bonds is 5. The number of nitrogens with two attached hydrogens (primary N) is 2. The molecule has 1 aliphatic heterocycles. The van der Waals surface area contributed by atoms with Crippen LogP contribution in [0.15, 0.2) is 47.5 Å². The molecule has 2 aromatic carbocycles. The standard InChI is InChI=1S/C19H21N7O2/c1-19(10-22-11-28-19)15-7-6-13(9-16(15)27-2)23-18-24-17(21)26(25-18)14-5-3-4-12(20)8-14/h3-9,11H,10,20H2,1-2H3,(H3,21,23,24,25). The van der Waals surface area contributed by atoms with E-state index < -0.39 is 5.60 Å². The van der Waals surface area contributed by atoms with E-state index >= 15 is 0 Å². The van der Waals surface area contributed by atoms with Crippen LogP contribution in [0.3, 0.4) is 0 Å². The molecule has 1 unspecified atom stereocenters.